The third kappa shape index (κ3) is 2.54. The van der Waals surface area contributed by atoms with Gasteiger partial charge in [0.25, 0.3) is 10.0 Å². The molecule has 0 spiro atoms. The highest BCUT2D eigenvalue weighted by molar-refractivity contribution is 7.91. The van der Waals surface area contributed by atoms with E-state index in [0.29, 0.717) is 4.88 Å². The van der Waals surface area contributed by atoms with Gasteiger partial charge in [0.2, 0.25) is 0 Å². The minimum atomic E-state index is -3.55. The highest BCUT2D eigenvalue weighted by atomic mass is 32.2. The Morgan fingerprint density at radius 2 is 2.27 bits per heavy atom. The highest BCUT2D eigenvalue weighted by Crippen LogP contribution is 2.23. The summed E-state index contributed by atoms with van der Waals surface area (Å²) >= 11 is 0.922. The molecule has 15 heavy (non-hydrogen) atoms. The van der Waals surface area contributed by atoms with Gasteiger partial charge in [-0.3, -0.25) is 0 Å². The summed E-state index contributed by atoms with van der Waals surface area (Å²) in [6, 6.07) is 4.73. The summed E-state index contributed by atoms with van der Waals surface area (Å²) in [6.07, 6.45) is 0. The van der Waals surface area contributed by atoms with Crippen LogP contribution < -0.4 is 0 Å². The van der Waals surface area contributed by atoms with Crippen LogP contribution in [0.1, 0.15) is 4.88 Å². The number of hydrogen-bond donors (Lipinski definition) is 1. The summed E-state index contributed by atoms with van der Waals surface area (Å²) in [7, 11) is -2.16. The van der Waals surface area contributed by atoms with E-state index in [2.05, 4.69) is 0 Å². The van der Waals surface area contributed by atoms with Crippen LogP contribution in [0.15, 0.2) is 16.3 Å². The molecule has 0 unspecified atom stereocenters. The Hall–Kier alpha value is -0.940. The molecule has 0 amide bonds. The summed E-state index contributed by atoms with van der Waals surface area (Å²) in [5.74, 6) is 0. The zero-order chi connectivity index (χ0) is 11.5. The summed E-state index contributed by atoms with van der Waals surface area (Å²) in [4.78, 5) is 0.353. The molecule has 0 saturated heterocycles. The molecule has 0 saturated carbocycles. The number of sulfonamides is 1. The molecule has 0 aliphatic rings. The van der Waals surface area contributed by atoms with E-state index < -0.39 is 10.0 Å². The molecule has 5 nitrogen and oxygen atoms in total. The fourth-order valence-corrected chi connectivity index (χ4v) is 3.41. The fourth-order valence-electron chi connectivity index (χ4n) is 0.933. The average Bonchev–Trinajstić information content (AvgIpc) is 2.66. The van der Waals surface area contributed by atoms with Gasteiger partial charge in [-0.05, 0) is 12.1 Å². The maximum atomic E-state index is 11.8. The molecular weight excluding hydrogens is 236 g/mol. The maximum Gasteiger partial charge on any atom is 0.252 e. The van der Waals surface area contributed by atoms with Gasteiger partial charge in [-0.2, -0.15) is 9.57 Å². The average molecular weight is 246 g/mol. The van der Waals surface area contributed by atoms with Crippen molar-refractivity contribution < 1.29 is 13.5 Å². The van der Waals surface area contributed by atoms with Gasteiger partial charge in [-0.15, -0.1) is 11.3 Å². The van der Waals surface area contributed by atoms with E-state index in [9.17, 15) is 8.42 Å². The van der Waals surface area contributed by atoms with Gasteiger partial charge in [-0.25, -0.2) is 8.42 Å². The third-order valence-electron chi connectivity index (χ3n) is 1.77. The number of aliphatic hydroxyl groups is 1. The summed E-state index contributed by atoms with van der Waals surface area (Å²) in [6.45, 7) is -0.186. The molecule has 0 radical (unpaired) electrons. The van der Waals surface area contributed by atoms with Gasteiger partial charge in [0.1, 0.15) is 15.2 Å². The van der Waals surface area contributed by atoms with Crippen molar-refractivity contribution in [3.8, 4) is 6.07 Å². The van der Waals surface area contributed by atoms with Crippen molar-refractivity contribution in [2.75, 3.05) is 20.2 Å². The van der Waals surface area contributed by atoms with Gasteiger partial charge in [0.05, 0.1) is 6.61 Å². The number of hydrogen-bond acceptors (Lipinski definition) is 5. The van der Waals surface area contributed by atoms with E-state index in [4.69, 9.17) is 10.4 Å². The number of nitrogens with zero attached hydrogens (tertiary/aromatic N) is 2. The Bertz CT molecular complexity index is 472. The van der Waals surface area contributed by atoms with Crippen molar-refractivity contribution in [1.82, 2.24) is 4.31 Å². The molecule has 1 aromatic rings. The number of nitriles is 1. The van der Waals surface area contributed by atoms with Crippen molar-refractivity contribution in [2.24, 2.45) is 0 Å². The summed E-state index contributed by atoms with van der Waals surface area (Å²) in [5, 5.41) is 17.2. The monoisotopic (exact) mass is 246 g/mol. The zero-order valence-corrected chi connectivity index (χ0v) is 9.68. The highest BCUT2D eigenvalue weighted by Gasteiger charge is 2.22. The first-order valence-electron chi connectivity index (χ1n) is 4.09. The minimum Gasteiger partial charge on any atom is -0.395 e. The van der Waals surface area contributed by atoms with Gasteiger partial charge in [-0.1, -0.05) is 0 Å². The standard InChI is InChI=1S/C8H10N2O3S2/c1-10(4-5-11)15(12,13)8-3-2-7(6-9)14-8/h2-3,11H,4-5H2,1H3. The predicted octanol–water partition coefficient (Wildman–Crippen LogP) is 0.233. The topological polar surface area (TPSA) is 81.4 Å². The lowest BCUT2D eigenvalue weighted by Crippen LogP contribution is -2.29. The van der Waals surface area contributed by atoms with Gasteiger partial charge in [0.15, 0.2) is 0 Å². The van der Waals surface area contributed by atoms with Gasteiger partial charge < -0.3 is 5.11 Å². The Morgan fingerprint density at radius 1 is 1.60 bits per heavy atom. The van der Waals surface area contributed by atoms with E-state index in [1.165, 1.54) is 19.2 Å². The first kappa shape index (κ1) is 12.1. The fraction of sp³-hybridized carbons (Fsp3) is 0.375. The molecule has 0 aromatic carbocycles. The molecule has 1 rings (SSSR count). The van der Waals surface area contributed by atoms with Crippen molar-refractivity contribution in [3.63, 3.8) is 0 Å². The Kier molecular flexibility index (Phi) is 3.82. The number of thiophene rings is 1. The Labute approximate surface area is 92.2 Å². The van der Waals surface area contributed by atoms with Crippen LogP contribution in [-0.4, -0.2) is 38.0 Å². The second kappa shape index (κ2) is 4.72. The van der Waals surface area contributed by atoms with Crippen molar-refractivity contribution >= 4 is 21.4 Å². The summed E-state index contributed by atoms with van der Waals surface area (Å²) in [5.41, 5.74) is 0. The molecule has 82 valence electrons. The van der Waals surface area contributed by atoms with E-state index in [0.717, 1.165) is 15.6 Å². The van der Waals surface area contributed by atoms with Crippen molar-refractivity contribution in [1.29, 1.82) is 5.26 Å². The SMILES string of the molecule is CN(CCO)S(=O)(=O)c1ccc(C#N)s1. The Balaban J connectivity index is 3.01. The molecule has 1 heterocycles. The predicted molar refractivity (Wildman–Crippen MR) is 55.9 cm³/mol. The lowest BCUT2D eigenvalue weighted by Gasteiger charge is -2.13. The van der Waals surface area contributed by atoms with Crippen LogP contribution in [0.4, 0.5) is 0 Å². The molecular formula is C8H10N2O3S2. The normalized spacial score (nSPS) is 11.6. The largest absolute Gasteiger partial charge is 0.395 e. The first-order valence-corrected chi connectivity index (χ1v) is 6.35. The Morgan fingerprint density at radius 3 is 2.73 bits per heavy atom. The number of rotatable bonds is 4. The van der Waals surface area contributed by atoms with E-state index >= 15 is 0 Å². The molecule has 1 aromatic heterocycles. The maximum absolute atomic E-state index is 11.8. The summed E-state index contributed by atoms with van der Waals surface area (Å²) < 4.78 is 24.7. The second-order valence-corrected chi connectivity index (χ2v) is 6.14. The molecule has 1 N–H and O–H groups in total. The van der Waals surface area contributed by atoms with Crippen LogP contribution in [0.2, 0.25) is 0 Å². The second-order valence-electron chi connectivity index (χ2n) is 2.78. The van der Waals surface area contributed by atoms with E-state index in [1.807, 2.05) is 6.07 Å². The number of aliphatic hydroxyl groups excluding tert-OH is 1. The first-order chi connectivity index (χ1) is 7.02. The van der Waals surface area contributed by atoms with Gasteiger partial charge >= 0.3 is 0 Å². The van der Waals surface area contributed by atoms with Crippen LogP contribution in [0, 0.1) is 11.3 Å². The molecule has 0 fully saturated rings. The molecule has 0 aliphatic heterocycles. The van der Waals surface area contributed by atoms with Gasteiger partial charge in [0, 0.05) is 13.6 Å². The smallest absolute Gasteiger partial charge is 0.252 e. The number of likely N-dealkylation sites (N-methyl/N-ethyl adjacent to an activating group) is 1. The van der Waals surface area contributed by atoms with Crippen LogP contribution in [0.3, 0.4) is 0 Å². The lowest BCUT2D eigenvalue weighted by molar-refractivity contribution is 0.266. The van der Waals surface area contributed by atoms with E-state index in [-0.39, 0.29) is 17.4 Å². The van der Waals surface area contributed by atoms with Crippen molar-refractivity contribution in [3.05, 3.63) is 17.0 Å². The van der Waals surface area contributed by atoms with E-state index in [1.54, 1.807) is 0 Å². The molecule has 7 heteroatoms. The molecule has 0 aliphatic carbocycles. The van der Waals surface area contributed by atoms with Crippen molar-refractivity contribution in [2.45, 2.75) is 4.21 Å². The quantitative estimate of drug-likeness (QED) is 0.824. The minimum absolute atomic E-state index is 0.0438. The van der Waals surface area contributed by atoms with Crippen LogP contribution in [0.5, 0.6) is 0 Å². The zero-order valence-electron chi connectivity index (χ0n) is 8.04. The van der Waals surface area contributed by atoms with Crippen LogP contribution in [-0.2, 0) is 10.0 Å². The van der Waals surface area contributed by atoms with Crippen LogP contribution in [0.25, 0.3) is 0 Å². The van der Waals surface area contributed by atoms with Crippen LogP contribution >= 0.6 is 11.3 Å². The molecule has 0 bridgehead atoms. The third-order valence-corrected chi connectivity index (χ3v) is 5.09. The molecule has 0 atom stereocenters. The lowest BCUT2D eigenvalue weighted by atomic mass is 10.5.